The van der Waals surface area contributed by atoms with E-state index in [0.717, 1.165) is 46.5 Å². The summed E-state index contributed by atoms with van der Waals surface area (Å²) in [5, 5.41) is 23.3. The molecule has 0 aliphatic carbocycles. The van der Waals surface area contributed by atoms with Crippen LogP contribution in [0.25, 0.3) is 10.8 Å². The van der Waals surface area contributed by atoms with E-state index in [1.165, 1.54) is 6.42 Å². The molecule has 3 atom stereocenters. The van der Waals surface area contributed by atoms with Crippen LogP contribution in [0.2, 0.25) is 0 Å². The second-order valence-corrected chi connectivity index (χ2v) is 8.61. The summed E-state index contributed by atoms with van der Waals surface area (Å²) >= 11 is 0. The summed E-state index contributed by atoms with van der Waals surface area (Å²) in [4.78, 5) is 9.59. The number of nitriles is 1. The normalized spacial score (nSPS) is 21.5. The molecule has 1 aromatic carbocycles. The molecule has 2 aliphatic heterocycles. The molecule has 8 nitrogen and oxygen atoms in total. The molecule has 3 N–H and O–H groups in total. The predicted molar refractivity (Wildman–Crippen MR) is 121 cm³/mol. The molecule has 0 amide bonds. The maximum atomic E-state index is 9.33. The van der Waals surface area contributed by atoms with Crippen LogP contribution in [-0.4, -0.2) is 52.3 Å². The molecule has 2 bridgehead atoms. The Labute approximate surface area is 181 Å². The molecule has 5 rings (SSSR count). The van der Waals surface area contributed by atoms with E-state index in [2.05, 4.69) is 44.5 Å². The largest absolute Gasteiger partial charge is 0.351 e. The fourth-order valence-electron chi connectivity index (χ4n) is 4.91. The maximum absolute atomic E-state index is 9.33. The number of aromatic nitrogens is 3. The van der Waals surface area contributed by atoms with Gasteiger partial charge in [0.15, 0.2) is 5.82 Å². The number of fused-ring (bicyclic) bond motifs is 3. The van der Waals surface area contributed by atoms with Gasteiger partial charge in [0.05, 0.1) is 17.3 Å². The van der Waals surface area contributed by atoms with E-state index in [-0.39, 0.29) is 0 Å². The third-order valence-corrected chi connectivity index (χ3v) is 6.77. The molecule has 2 aromatic heterocycles. The number of benzene rings is 1. The summed E-state index contributed by atoms with van der Waals surface area (Å²) in [7, 11) is 2.20. The Bertz CT molecular complexity index is 1200. The second-order valence-electron chi connectivity index (χ2n) is 8.61. The third-order valence-electron chi connectivity index (χ3n) is 6.77. The lowest BCUT2D eigenvalue weighted by Gasteiger charge is -2.33. The number of likely N-dealkylation sites (tertiary alicyclic amines) is 1. The summed E-state index contributed by atoms with van der Waals surface area (Å²) in [6.45, 7) is 5.92. The lowest BCUT2D eigenvalue weighted by atomic mass is 10.0. The van der Waals surface area contributed by atoms with Gasteiger partial charge in [0.1, 0.15) is 12.0 Å². The molecule has 2 aliphatic rings. The minimum atomic E-state index is -0.512. The smallest absolute Gasteiger partial charge is 0.158 e. The van der Waals surface area contributed by atoms with Gasteiger partial charge in [0.2, 0.25) is 0 Å². The predicted octanol–water partition coefficient (Wildman–Crippen LogP) is 2.48. The third kappa shape index (κ3) is 3.26. The fraction of sp³-hybridized carbons (Fsp3) is 0.391. The molecular weight excluding hydrogens is 388 g/mol. The van der Waals surface area contributed by atoms with Crippen molar-refractivity contribution in [2.75, 3.05) is 30.4 Å². The van der Waals surface area contributed by atoms with Gasteiger partial charge < -0.3 is 16.0 Å². The Morgan fingerprint density at radius 3 is 2.74 bits per heavy atom. The summed E-state index contributed by atoms with van der Waals surface area (Å²) in [5.41, 5.74) is 9.67. The first-order valence-electron chi connectivity index (χ1n) is 10.6. The zero-order chi connectivity index (χ0) is 21.7. The highest BCUT2D eigenvalue weighted by Gasteiger charge is 2.42. The zero-order valence-electron chi connectivity index (χ0n) is 18.0. The summed E-state index contributed by atoms with van der Waals surface area (Å²) in [5.74, 6) is 1.60. The number of nitrogens with one attached hydrogen (secondary N) is 1. The molecule has 0 radical (unpaired) electrons. The molecule has 0 saturated carbocycles. The van der Waals surface area contributed by atoms with Crippen LogP contribution >= 0.6 is 0 Å². The first-order chi connectivity index (χ1) is 15.0. The van der Waals surface area contributed by atoms with Crippen LogP contribution in [0.1, 0.15) is 35.0 Å². The van der Waals surface area contributed by atoms with Crippen LogP contribution in [0.4, 0.5) is 11.6 Å². The monoisotopic (exact) mass is 414 g/mol. The van der Waals surface area contributed by atoms with Gasteiger partial charge >= 0.3 is 0 Å². The van der Waals surface area contributed by atoms with Crippen molar-refractivity contribution in [1.82, 2.24) is 20.1 Å². The van der Waals surface area contributed by atoms with Crippen LogP contribution in [-0.2, 0) is 0 Å². The first kappa shape index (κ1) is 19.7. The van der Waals surface area contributed by atoms with Crippen molar-refractivity contribution in [2.24, 2.45) is 5.73 Å². The topological polar surface area (TPSA) is 107 Å². The number of aryl methyl sites for hydroxylation is 1. The number of pyridine rings is 1. The highest BCUT2D eigenvalue weighted by Crippen LogP contribution is 2.35. The minimum absolute atomic E-state index is 0.505. The van der Waals surface area contributed by atoms with Crippen molar-refractivity contribution in [3.8, 4) is 6.07 Å². The number of piperazine rings is 1. The number of rotatable bonds is 4. The number of nitrogens with two attached hydrogens (primary N) is 1. The number of likely N-dealkylation sites (N-methyl/N-ethyl adjacent to an activating group) is 1. The van der Waals surface area contributed by atoms with Gasteiger partial charge in [-0.15, -0.1) is 5.10 Å². The standard InChI is InChI=1S/C23H26N8/c1-13-15(9-24)5-4-6-18(13)22(25)27-23-19-8-21(26-10-20(19)14(2)28-29-23)31-12-16-7-17(31)11-30(16)3/h4-6,8,10,16-17,22H,7,11-12,25H2,1-3H3,(H,27,29)/t16-,17-,22+/m1/s1. The van der Waals surface area contributed by atoms with Gasteiger partial charge in [0.25, 0.3) is 0 Å². The minimum Gasteiger partial charge on any atom is -0.351 e. The van der Waals surface area contributed by atoms with Gasteiger partial charge in [-0.3, -0.25) is 4.90 Å². The molecule has 2 saturated heterocycles. The summed E-state index contributed by atoms with van der Waals surface area (Å²) in [6, 6.07) is 11.0. The van der Waals surface area contributed by atoms with Crippen molar-refractivity contribution in [3.63, 3.8) is 0 Å². The molecule has 0 unspecified atom stereocenters. The molecular formula is C23H26N8. The Balaban J connectivity index is 1.50. The second kappa shape index (κ2) is 7.45. The van der Waals surface area contributed by atoms with E-state index >= 15 is 0 Å². The van der Waals surface area contributed by atoms with Crippen LogP contribution in [0.15, 0.2) is 30.5 Å². The van der Waals surface area contributed by atoms with Crippen molar-refractivity contribution >= 4 is 22.4 Å². The van der Waals surface area contributed by atoms with Crippen molar-refractivity contribution in [3.05, 3.63) is 52.8 Å². The van der Waals surface area contributed by atoms with Crippen molar-refractivity contribution < 1.29 is 0 Å². The summed E-state index contributed by atoms with van der Waals surface area (Å²) in [6.07, 6.45) is 2.57. The van der Waals surface area contributed by atoms with Crippen molar-refractivity contribution in [2.45, 2.75) is 38.5 Å². The van der Waals surface area contributed by atoms with Gasteiger partial charge in [-0.05, 0) is 50.6 Å². The van der Waals surface area contributed by atoms with E-state index in [9.17, 15) is 5.26 Å². The number of hydrogen-bond donors (Lipinski definition) is 2. The van der Waals surface area contributed by atoms with E-state index in [1.807, 2.05) is 32.2 Å². The highest BCUT2D eigenvalue weighted by molar-refractivity contribution is 5.94. The average Bonchev–Trinajstić information content (AvgIpc) is 3.35. The Kier molecular flexibility index (Phi) is 4.73. The number of nitrogens with zero attached hydrogens (tertiary/aromatic N) is 6. The highest BCUT2D eigenvalue weighted by atomic mass is 15.4. The quantitative estimate of drug-likeness (QED) is 0.627. The lowest BCUT2D eigenvalue weighted by Crippen LogP contribution is -2.44. The van der Waals surface area contributed by atoms with Gasteiger partial charge in [-0.25, -0.2) is 4.98 Å². The molecule has 0 spiro atoms. The first-order valence-corrected chi connectivity index (χ1v) is 10.6. The van der Waals surface area contributed by atoms with Gasteiger partial charge in [-0.2, -0.15) is 10.4 Å². The van der Waals surface area contributed by atoms with Gasteiger partial charge in [0, 0.05) is 42.1 Å². The van der Waals surface area contributed by atoms with E-state index in [0.29, 0.717) is 23.5 Å². The summed E-state index contributed by atoms with van der Waals surface area (Å²) < 4.78 is 0. The SMILES string of the molecule is Cc1c(C#N)cccc1[C@@H](N)Nc1nnc(C)c2cnc(N3C[C@H]4C[C@@H]3CN4C)cc12. The van der Waals surface area contributed by atoms with E-state index < -0.39 is 6.17 Å². The van der Waals surface area contributed by atoms with Crippen LogP contribution in [0.3, 0.4) is 0 Å². The van der Waals surface area contributed by atoms with Crippen LogP contribution < -0.4 is 16.0 Å². The molecule has 3 aromatic rings. The van der Waals surface area contributed by atoms with Gasteiger partial charge in [-0.1, -0.05) is 12.1 Å². The van der Waals surface area contributed by atoms with Crippen LogP contribution in [0.5, 0.6) is 0 Å². The molecule has 2 fully saturated rings. The molecule has 8 heteroatoms. The van der Waals surface area contributed by atoms with E-state index in [4.69, 9.17) is 10.7 Å². The Hall–Kier alpha value is -3.28. The molecule has 158 valence electrons. The lowest BCUT2D eigenvalue weighted by molar-refractivity contribution is 0.292. The average molecular weight is 415 g/mol. The zero-order valence-corrected chi connectivity index (χ0v) is 18.0. The number of anilines is 2. The van der Waals surface area contributed by atoms with Crippen LogP contribution in [0, 0.1) is 25.2 Å². The van der Waals surface area contributed by atoms with Crippen molar-refractivity contribution in [1.29, 1.82) is 5.26 Å². The fourth-order valence-corrected chi connectivity index (χ4v) is 4.91. The number of hydrogen-bond acceptors (Lipinski definition) is 8. The maximum Gasteiger partial charge on any atom is 0.158 e. The Morgan fingerprint density at radius 1 is 1.19 bits per heavy atom. The molecule has 31 heavy (non-hydrogen) atoms. The molecule has 4 heterocycles. The Morgan fingerprint density at radius 2 is 2.03 bits per heavy atom. The van der Waals surface area contributed by atoms with E-state index in [1.54, 1.807) is 6.07 Å².